The molecule has 0 saturated heterocycles. The summed E-state index contributed by atoms with van der Waals surface area (Å²) in [5.41, 5.74) is 0. The van der Waals surface area contributed by atoms with Gasteiger partial charge in [0.25, 0.3) is 6.16 Å². The maximum Gasteiger partial charge on any atom is 1.00 e. The minimum absolute atomic E-state index is 0. The zero-order valence-electron chi connectivity index (χ0n) is 4.13. The van der Waals surface area contributed by atoms with Crippen LogP contribution in [0.3, 0.4) is 0 Å². The van der Waals surface area contributed by atoms with Crippen molar-refractivity contribution in [3.05, 3.63) is 0 Å². The third-order valence-electron chi connectivity index (χ3n) is 0.151. The number of hydrogen-bond donors (Lipinski definition) is 0. The summed E-state index contributed by atoms with van der Waals surface area (Å²) in [7, 11) is 1.08. The minimum atomic E-state index is -1.68. The van der Waals surface area contributed by atoms with Crippen LogP contribution in [0.2, 0.25) is 0 Å². The van der Waals surface area contributed by atoms with E-state index in [2.05, 4.69) is 9.78 Å². The molecule has 0 unspecified atom stereocenters. The molecule has 0 atom stereocenters. The number of carbonyl (C=O) groups is 1. The number of carbonyl (C=O) groups excluding carboxylic acids is 1. The Morgan fingerprint density at radius 2 is 2.14 bits per heavy atom. The van der Waals surface area contributed by atoms with Crippen LogP contribution in [-0.4, -0.2) is 13.3 Å². The third kappa shape index (κ3) is 10.7. The van der Waals surface area contributed by atoms with Crippen molar-refractivity contribution >= 4 is 6.16 Å². The molecule has 0 aromatic carbocycles. The van der Waals surface area contributed by atoms with Crippen LogP contribution in [0.4, 0.5) is 4.79 Å². The SMILES string of the molecule is COOC(=O)[O-].[Na+]. The van der Waals surface area contributed by atoms with Gasteiger partial charge in [0.2, 0.25) is 0 Å². The fourth-order valence-electron chi connectivity index (χ4n) is 0.0680. The summed E-state index contributed by atoms with van der Waals surface area (Å²) < 4.78 is 0. The van der Waals surface area contributed by atoms with Crippen molar-refractivity contribution in [1.29, 1.82) is 0 Å². The first-order chi connectivity index (χ1) is 2.77. The van der Waals surface area contributed by atoms with Gasteiger partial charge >= 0.3 is 29.6 Å². The molecule has 0 aromatic heterocycles. The average Bonchev–Trinajstić information content (AvgIpc) is 1.35. The van der Waals surface area contributed by atoms with Gasteiger partial charge in [-0.1, -0.05) is 0 Å². The largest absolute Gasteiger partial charge is 1.00 e. The van der Waals surface area contributed by atoms with E-state index in [1.807, 2.05) is 0 Å². The van der Waals surface area contributed by atoms with Crippen LogP contribution in [0, 0.1) is 0 Å². The molecule has 7 heavy (non-hydrogen) atoms. The van der Waals surface area contributed by atoms with Gasteiger partial charge in [0.05, 0.1) is 7.11 Å². The molecule has 0 rings (SSSR count). The Labute approximate surface area is 62.6 Å². The first-order valence-corrected chi connectivity index (χ1v) is 1.19. The van der Waals surface area contributed by atoms with E-state index in [4.69, 9.17) is 9.90 Å². The maximum atomic E-state index is 9.14. The average molecular weight is 114 g/mol. The van der Waals surface area contributed by atoms with Crippen LogP contribution < -0.4 is 34.7 Å². The van der Waals surface area contributed by atoms with Crippen molar-refractivity contribution in [2.45, 2.75) is 0 Å². The Morgan fingerprint density at radius 1 is 1.71 bits per heavy atom. The second kappa shape index (κ2) is 6.23. The molecule has 0 N–H and O–H groups in total. The summed E-state index contributed by atoms with van der Waals surface area (Å²) in [6.07, 6.45) is -1.68. The number of carboxylic acid groups (broad SMARTS) is 1. The third-order valence-corrected chi connectivity index (χ3v) is 0.151. The van der Waals surface area contributed by atoms with E-state index in [-0.39, 0.29) is 29.6 Å². The van der Waals surface area contributed by atoms with Crippen LogP contribution in [-0.2, 0) is 9.78 Å². The van der Waals surface area contributed by atoms with E-state index < -0.39 is 6.16 Å². The Balaban J connectivity index is 0. The van der Waals surface area contributed by atoms with Crippen LogP contribution in [0.25, 0.3) is 0 Å². The molecular weight excluding hydrogens is 111 g/mol. The molecule has 0 bridgehead atoms. The van der Waals surface area contributed by atoms with Crippen LogP contribution in [0.5, 0.6) is 0 Å². The van der Waals surface area contributed by atoms with Gasteiger partial charge < -0.3 is 14.8 Å². The summed E-state index contributed by atoms with van der Waals surface area (Å²) in [4.78, 5) is 16.1. The van der Waals surface area contributed by atoms with Crippen molar-refractivity contribution in [3.8, 4) is 0 Å². The molecule has 0 saturated carbocycles. The van der Waals surface area contributed by atoms with E-state index in [1.54, 1.807) is 0 Å². The Kier molecular flexibility index (Phi) is 9.13. The monoisotopic (exact) mass is 114 g/mol. The minimum Gasteiger partial charge on any atom is -0.424 e. The topological polar surface area (TPSA) is 58.6 Å². The van der Waals surface area contributed by atoms with Crippen molar-refractivity contribution < 1.29 is 49.2 Å². The van der Waals surface area contributed by atoms with Crippen molar-refractivity contribution in [3.63, 3.8) is 0 Å². The maximum absolute atomic E-state index is 9.14. The number of rotatable bonds is 1. The van der Waals surface area contributed by atoms with Gasteiger partial charge in [0, 0.05) is 0 Å². The van der Waals surface area contributed by atoms with E-state index in [1.165, 1.54) is 0 Å². The van der Waals surface area contributed by atoms with Gasteiger partial charge in [-0.25, -0.2) is 0 Å². The molecule has 0 aliphatic rings. The molecule has 0 aliphatic heterocycles. The van der Waals surface area contributed by atoms with Gasteiger partial charge in [0.15, 0.2) is 0 Å². The standard InChI is InChI=1S/C2H4O4.Na/c1-5-6-2(3)4;/h1H3,(H,3,4);/q;+1/p-1. The molecule has 0 heterocycles. The quantitative estimate of drug-likeness (QED) is 0.197. The van der Waals surface area contributed by atoms with E-state index >= 15 is 0 Å². The zero-order valence-corrected chi connectivity index (χ0v) is 6.13. The van der Waals surface area contributed by atoms with Gasteiger partial charge in [-0.3, -0.25) is 4.89 Å². The van der Waals surface area contributed by atoms with Crippen LogP contribution in [0.15, 0.2) is 0 Å². The zero-order chi connectivity index (χ0) is 4.99. The van der Waals surface area contributed by atoms with Gasteiger partial charge in [-0.05, 0) is 0 Å². The molecule has 4 nitrogen and oxygen atoms in total. The molecular formula is C2H3NaO4. The van der Waals surface area contributed by atoms with E-state index in [0.29, 0.717) is 0 Å². The van der Waals surface area contributed by atoms with Gasteiger partial charge in [0.1, 0.15) is 0 Å². The summed E-state index contributed by atoms with van der Waals surface area (Å²) in [5, 5.41) is 9.14. The summed E-state index contributed by atoms with van der Waals surface area (Å²) >= 11 is 0. The van der Waals surface area contributed by atoms with Crippen molar-refractivity contribution in [2.24, 2.45) is 0 Å². The van der Waals surface area contributed by atoms with Gasteiger partial charge in [-0.15, -0.1) is 0 Å². The van der Waals surface area contributed by atoms with Crippen LogP contribution >= 0.6 is 0 Å². The predicted octanol–water partition coefficient (Wildman–Crippen LogP) is -4.09. The number of hydrogen-bond acceptors (Lipinski definition) is 4. The Morgan fingerprint density at radius 3 is 2.14 bits per heavy atom. The summed E-state index contributed by atoms with van der Waals surface area (Å²) in [5.74, 6) is 0. The normalized spacial score (nSPS) is 6.43. The Bertz CT molecular complexity index is 53.7. The molecule has 36 valence electrons. The second-order valence-electron chi connectivity index (χ2n) is 0.500. The fraction of sp³-hybridized carbons (Fsp3) is 0.500. The first-order valence-electron chi connectivity index (χ1n) is 1.19. The molecule has 5 heteroatoms. The first kappa shape index (κ1) is 10.3. The molecule has 0 aromatic rings. The predicted molar refractivity (Wildman–Crippen MR) is 13.5 cm³/mol. The molecule has 0 radical (unpaired) electrons. The molecule has 0 amide bonds. The van der Waals surface area contributed by atoms with Crippen molar-refractivity contribution in [1.82, 2.24) is 0 Å². The summed E-state index contributed by atoms with van der Waals surface area (Å²) in [6, 6.07) is 0. The fourth-order valence-corrected chi connectivity index (χ4v) is 0.0680. The molecule has 0 aliphatic carbocycles. The summed E-state index contributed by atoms with van der Waals surface area (Å²) in [6.45, 7) is 0. The molecule has 0 fully saturated rings. The smallest absolute Gasteiger partial charge is 0.424 e. The van der Waals surface area contributed by atoms with Crippen molar-refractivity contribution in [2.75, 3.05) is 7.11 Å². The van der Waals surface area contributed by atoms with E-state index in [9.17, 15) is 0 Å². The molecule has 0 spiro atoms. The Hall–Kier alpha value is 0.230. The van der Waals surface area contributed by atoms with Crippen LogP contribution in [0.1, 0.15) is 0 Å². The second-order valence-corrected chi connectivity index (χ2v) is 0.500. The van der Waals surface area contributed by atoms with Gasteiger partial charge in [-0.2, -0.15) is 0 Å². The van der Waals surface area contributed by atoms with E-state index in [0.717, 1.165) is 7.11 Å².